The second-order valence-corrected chi connectivity index (χ2v) is 7.55. The van der Waals surface area contributed by atoms with Gasteiger partial charge in [-0.1, -0.05) is 24.3 Å². The van der Waals surface area contributed by atoms with Gasteiger partial charge in [0.15, 0.2) is 11.3 Å². The largest absolute Gasteiger partial charge is 0.478 e. The van der Waals surface area contributed by atoms with Crippen molar-refractivity contribution in [3.63, 3.8) is 0 Å². The topological polar surface area (TPSA) is 90.7 Å². The molecule has 1 N–H and O–H groups in total. The lowest BCUT2D eigenvalue weighted by Gasteiger charge is -2.24. The van der Waals surface area contributed by atoms with Gasteiger partial charge in [0.05, 0.1) is 13.1 Å². The highest BCUT2D eigenvalue weighted by molar-refractivity contribution is 5.77. The summed E-state index contributed by atoms with van der Waals surface area (Å²) >= 11 is 0. The van der Waals surface area contributed by atoms with Crippen molar-refractivity contribution in [2.45, 2.75) is 39.8 Å². The predicted octanol–water partition coefficient (Wildman–Crippen LogP) is 3.49. The number of nitrogens with zero attached hydrogens (tertiary/aromatic N) is 4. The van der Waals surface area contributed by atoms with E-state index in [9.17, 15) is 14.7 Å². The maximum absolute atomic E-state index is 12.7. The van der Waals surface area contributed by atoms with E-state index in [1.54, 1.807) is 24.3 Å². The Morgan fingerprint density at radius 1 is 1.20 bits per heavy atom. The van der Waals surface area contributed by atoms with Crippen LogP contribution in [0.15, 0.2) is 47.5 Å². The molecule has 0 aliphatic rings. The number of hydrogen-bond donors (Lipinski definition) is 1. The quantitative estimate of drug-likeness (QED) is 0.633. The third-order valence-corrected chi connectivity index (χ3v) is 4.72. The maximum Gasteiger partial charge on any atom is 0.350 e. The SMILES string of the molecule is [C-]#[N+]c1ccc(-n2cnn(Cc3cc(C)c(OC(C)(C)C(=O)O)c(C)c3)c2=O)cc1. The zero-order chi connectivity index (χ0) is 22.1. The van der Waals surface area contributed by atoms with E-state index in [-0.39, 0.29) is 12.2 Å². The Morgan fingerprint density at radius 3 is 2.33 bits per heavy atom. The molecule has 0 atom stereocenters. The van der Waals surface area contributed by atoms with Crippen LogP contribution in [0.3, 0.4) is 0 Å². The third-order valence-electron chi connectivity index (χ3n) is 4.72. The summed E-state index contributed by atoms with van der Waals surface area (Å²) < 4.78 is 8.49. The molecule has 0 amide bonds. The molecule has 0 radical (unpaired) electrons. The van der Waals surface area contributed by atoms with Crippen molar-refractivity contribution in [2.24, 2.45) is 0 Å². The van der Waals surface area contributed by atoms with Crippen LogP contribution in [0, 0.1) is 20.4 Å². The van der Waals surface area contributed by atoms with Crippen molar-refractivity contribution >= 4 is 11.7 Å². The highest BCUT2D eigenvalue weighted by atomic mass is 16.5. The molecule has 0 aliphatic heterocycles. The number of ether oxygens (including phenoxy) is 1. The highest BCUT2D eigenvalue weighted by Crippen LogP contribution is 2.29. The molecule has 154 valence electrons. The minimum Gasteiger partial charge on any atom is -0.478 e. The van der Waals surface area contributed by atoms with E-state index in [0.717, 1.165) is 16.7 Å². The zero-order valence-electron chi connectivity index (χ0n) is 17.2. The summed E-state index contributed by atoms with van der Waals surface area (Å²) in [7, 11) is 0. The molecule has 3 rings (SSSR count). The molecule has 0 saturated carbocycles. The average molecular weight is 406 g/mol. The predicted molar refractivity (Wildman–Crippen MR) is 111 cm³/mol. The van der Waals surface area contributed by atoms with Gasteiger partial charge in [0.25, 0.3) is 0 Å². The minimum absolute atomic E-state index is 0.260. The number of hydrogen-bond acceptors (Lipinski definition) is 4. The van der Waals surface area contributed by atoms with Crippen molar-refractivity contribution in [3.8, 4) is 11.4 Å². The van der Waals surface area contributed by atoms with Crippen LogP contribution >= 0.6 is 0 Å². The van der Waals surface area contributed by atoms with Crippen LogP contribution in [0.25, 0.3) is 10.5 Å². The summed E-state index contributed by atoms with van der Waals surface area (Å²) in [4.78, 5) is 27.4. The number of carboxylic acids is 1. The normalized spacial score (nSPS) is 11.2. The first-order chi connectivity index (χ1) is 14.1. The Kier molecular flexibility index (Phi) is 5.47. The van der Waals surface area contributed by atoms with Crippen LogP contribution in [0.1, 0.15) is 30.5 Å². The van der Waals surface area contributed by atoms with Gasteiger partial charge < -0.3 is 9.84 Å². The molecule has 1 heterocycles. The van der Waals surface area contributed by atoms with Gasteiger partial charge in [-0.3, -0.25) is 0 Å². The lowest BCUT2D eigenvalue weighted by atomic mass is 10.0. The molecule has 0 bridgehead atoms. The second kappa shape index (κ2) is 7.87. The Hall–Kier alpha value is -3.86. The summed E-state index contributed by atoms with van der Waals surface area (Å²) in [6.45, 7) is 13.9. The van der Waals surface area contributed by atoms with E-state index in [4.69, 9.17) is 11.3 Å². The number of benzene rings is 2. The zero-order valence-corrected chi connectivity index (χ0v) is 17.2. The Bertz CT molecular complexity index is 1170. The molecule has 0 aliphatic carbocycles. The van der Waals surface area contributed by atoms with E-state index in [0.29, 0.717) is 17.1 Å². The van der Waals surface area contributed by atoms with Gasteiger partial charge in [-0.2, -0.15) is 5.10 Å². The van der Waals surface area contributed by atoms with E-state index in [2.05, 4.69) is 9.94 Å². The fraction of sp³-hybridized carbons (Fsp3) is 0.273. The number of aromatic nitrogens is 3. The summed E-state index contributed by atoms with van der Waals surface area (Å²) in [6.07, 6.45) is 1.45. The molecule has 0 saturated heterocycles. The number of rotatable bonds is 6. The van der Waals surface area contributed by atoms with Crippen molar-refractivity contribution in [3.05, 3.63) is 81.3 Å². The van der Waals surface area contributed by atoms with Crippen LogP contribution in [0.5, 0.6) is 5.75 Å². The molecule has 8 heteroatoms. The van der Waals surface area contributed by atoms with Gasteiger partial charge in [-0.05, 0) is 56.5 Å². The number of aliphatic carboxylic acids is 1. The molecule has 0 spiro atoms. The second-order valence-electron chi connectivity index (χ2n) is 7.55. The molecule has 0 unspecified atom stereocenters. The maximum atomic E-state index is 12.7. The lowest BCUT2D eigenvalue weighted by molar-refractivity contribution is -0.152. The number of carboxylic acid groups (broad SMARTS) is 1. The Morgan fingerprint density at radius 2 is 1.80 bits per heavy atom. The molecular weight excluding hydrogens is 384 g/mol. The van der Waals surface area contributed by atoms with Crippen molar-refractivity contribution in [1.29, 1.82) is 0 Å². The Labute approximate surface area is 173 Å². The first kappa shape index (κ1) is 20.9. The first-order valence-electron chi connectivity index (χ1n) is 9.27. The van der Waals surface area contributed by atoms with Gasteiger partial charge in [-0.15, -0.1) is 0 Å². The van der Waals surface area contributed by atoms with Gasteiger partial charge in [0.2, 0.25) is 0 Å². The number of aryl methyl sites for hydroxylation is 2. The van der Waals surface area contributed by atoms with Gasteiger partial charge in [0.1, 0.15) is 12.1 Å². The van der Waals surface area contributed by atoms with Crippen LogP contribution in [-0.4, -0.2) is 31.0 Å². The van der Waals surface area contributed by atoms with E-state index >= 15 is 0 Å². The van der Waals surface area contributed by atoms with Crippen molar-refractivity contribution < 1.29 is 14.6 Å². The van der Waals surface area contributed by atoms with Gasteiger partial charge in [-0.25, -0.2) is 23.7 Å². The van der Waals surface area contributed by atoms with E-state index in [1.165, 1.54) is 29.4 Å². The van der Waals surface area contributed by atoms with Crippen LogP contribution in [0.2, 0.25) is 0 Å². The highest BCUT2D eigenvalue weighted by Gasteiger charge is 2.30. The molecule has 2 aromatic carbocycles. The van der Waals surface area contributed by atoms with Crippen LogP contribution < -0.4 is 10.4 Å². The molecule has 0 fully saturated rings. The van der Waals surface area contributed by atoms with Crippen molar-refractivity contribution in [2.75, 3.05) is 0 Å². The van der Waals surface area contributed by atoms with E-state index < -0.39 is 11.6 Å². The Balaban J connectivity index is 1.87. The average Bonchev–Trinajstić information content (AvgIpc) is 3.05. The minimum atomic E-state index is -1.35. The summed E-state index contributed by atoms with van der Waals surface area (Å²) in [5, 5.41) is 13.5. The fourth-order valence-electron chi connectivity index (χ4n) is 3.07. The van der Waals surface area contributed by atoms with Crippen molar-refractivity contribution in [1.82, 2.24) is 14.3 Å². The van der Waals surface area contributed by atoms with Gasteiger partial charge >= 0.3 is 11.7 Å². The van der Waals surface area contributed by atoms with Gasteiger partial charge in [0, 0.05) is 5.69 Å². The first-order valence-corrected chi connectivity index (χ1v) is 9.27. The van der Waals surface area contributed by atoms with E-state index in [1.807, 2.05) is 26.0 Å². The monoisotopic (exact) mass is 406 g/mol. The molecule has 30 heavy (non-hydrogen) atoms. The van der Waals surface area contributed by atoms with Crippen LogP contribution in [-0.2, 0) is 11.3 Å². The lowest BCUT2D eigenvalue weighted by Crippen LogP contribution is -2.38. The molecular formula is C22H22N4O4. The third kappa shape index (κ3) is 4.10. The number of carbonyl (C=O) groups is 1. The molecule has 3 aromatic rings. The smallest absolute Gasteiger partial charge is 0.350 e. The standard InChI is InChI=1S/C22H22N4O4/c1-14-10-16(11-15(2)19(14)30-22(3,4)20(27)28)12-26-21(29)25(13-24-26)18-8-6-17(23-5)7-9-18/h6-11,13H,12H2,1-4H3,(H,27,28). The summed E-state index contributed by atoms with van der Waals surface area (Å²) in [5.74, 6) is -0.532. The van der Waals surface area contributed by atoms with Crippen LogP contribution in [0.4, 0.5) is 5.69 Å². The summed E-state index contributed by atoms with van der Waals surface area (Å²) in [6, 6.07) is 10.4. The summed E-state index contributed by atoms with van der Waals surface area (Å²) in [5.41, 5.74) is 1.89. The molecule has 8 nitrogen and oxygen atoms in total. The molecule has 1 aromatic heterocycles. The fourth-order valence-corrected chi connectivity index (χ4v) is 3.07.